The molecule has 132 valence electrons. The van der Waals surface area contributed by atoms with Crippen LogP contribution in [0.25, 0.3) is 0 Å². The zero-order valence-corrected chi connectivity index (χ0v) is 15.7. The van der Waals surface area contributed by atoms with Crippen molar-refractivity contribution in [3.8, 4) is 0 Å². The molecule has 0 unspecified atom stereocenters. The third kappa shape index (κ3) is 2.94. The predicted molar refractivity (Wildman–Crippen MR) is 92.1 cm³/mol. The van der Waals surface area contributed by atoms with E-state index >= 15 is 0 Å². The van der Waals surface area contributed by atoms with Gasteiger partial charge in [0.25, 0.3) is 15.9 Å². The Labute approximate surface area is 150 Å². The van der Waals surface area contributed by atoms with Crippen molar-refractivity contribution in [2.75, 3.05) is 0 Å². The molecule has 0 aromatic heterocycles. The van der Waals surface area contributed by atoms with E-state index in [0.29, 0.717) is 10.6 Å². The molecule has 1 aliphatic heterocycles. The van der Waals surface area contributed by atoms with Crippen LogP contribution in [0.3, 0.4) is 0 Å². The van der Waals surface area contributed by atoms with E-state index in [2.05, 4.69) is 0 Å². The van der Waals surface area contributed by atoms with Crippen molar-refractivity contribution in [2.24, 2.45) is 0 Å². The van der Waals surface area contributed by atoms with Crippen LogP contribution in [0.15, 0.2) is 51.1 Å². The van der Waals surface area contributed by atoms with Gasteiger partial charge in [-0.3, -0.25) is 4.79 Å². The minimum absolute atomic E-state index is 0.00468. The molecule has 2 aromatic rings. The molecule has 1 aliphatic rings. The van der Waals surface area contributed by atoms with Crippen molar-refractivity contribution in [1.29, 1.82) is 0 Å². The lowest BCUT2D eigenvalue weighted by Gasteiger charge is -2.13. The van der Waals surface area contributed by atoms with Crippen LogP contribution in [-0.4, -0.2) is 22.7 Å². The summed E-state index contributed by atoms with van der Waals surface area (Å²) in [6, 6.07) is 7.95. The molecule has 0 fully saturated rings. The number of amides is 1. The predicted octanol–water partition coefficient (Wildman–Crippen LogP) is 2.73. The van der Waals surface area contributed by atoms with Gasteiger partial charge < -0.3 is 0 Å². The number of benzene rings is 2. The van der Waals surface area contributed by atoms with Crippen molar-refractivity contribution in [3.63, 3.8) is 0 Å². The minimum atomic E-state index is -4.07. The first-order valence-corrected chi connectivity index (χ1v) is 10.6. The maximum Gasteiger partial charge on any atom is 0.266 e. The Kier molecular flexibility index (Phi) is 4.17. The molecule has 1 N–H and O–H groups in total. The summed E-state index contributed by atoms with van der Waals surface area (Å²) >= 11 is 5.78. The number of halogens is 1. The van der Waals surface area contributed by atoms with Crippen LogP contribution < -0.4 is 4.72 Å². The first-order valence-electron chi connectivity index (χ1n) is 7.30. The Balaban J connectivity index is 2.31. The van der Waals surface area contributed by atoms with Gasteiger partial charge in [-0.2, -0.15) is 0 Å². The van der Waals surface area contributed by atoms with Crippen LogP contribution in [0, 0.1) is 0 Å². The van der Waals surface area contributed by atoms with Crippen LogP contribution in [-0.2, 0) is 19.9 Å². The van der Waals surface area contributed by atoms with Gasteiger partial charge in [0, 0.05) is 5.02 Å². The molecule has 0 atom stereocenters. The first kappa shape index (κ1) is 17.9. The third-order valence-electron chi connectivity index (χ3n) is 3.91. The summed E-state index contributed by atoms with van der Waals surface area (Å²) in [5, 5.41) is 0.383. The van der Waals surface area contributed by atoms with Crippen LogP contribution in [0.4, 0.5) is 0 Å². The van der Waals surface area contributed by atoms with E-state index in [1.807, 2.05) is 4.72 Å². The lowest BCUT2D eigenvalue weighted by molar-refractivity contribution is 0.0983. The number of hydrogen-bond donors (Lipinski definition) is 1. The molecule has 0 saturated carbocycles. The smallest absolute Gasteiger partial charge is 0.266 e. The van der Waals surface area contributed by atoms with Gasteiger partial charge in [-0.15, -0.1) is 0 Å². The Hall–Kier alpha value is -1.90. The highest BCUT2D eigenvalue weighted by Crippen LogP contribution is 2.35. The van der Waals surface area contributed by atoms with Crippen LogP contribution in [0.5, 0.6) is 0 Å². The maximum atomic E-state index is 12.9. The summed E-state index contributed by atoms with van der Waals surface area (Å²) < 4.78 is 51.9. The molecule has 0 bridgehead atoms. The second kappa shape index (κ2) is 5.82. The zero-order valence-electron chi connectivity index (χ0n) is 13.3. The minimum Gasteiger partial charge on any atom is -0.268 e. The van der Waals surface area contributed by atoms with E-state index in [1.165, 1.54) is 30.3 Å². The molecule has 25 heavy (non-hydrogen) atoms. The van der Waals surface area contributed by atoms with Gasteiger partial charge in [0.2, 0.25) is 9.84 Å². The van der Waals surface area contributed by atoms with Crippen molar-refractivity contribution in [2.45, 2.75) is 34.5 Å². The maximum absolute atomic E-state index is 12.9. The van der Waals surface area contributed by atoms with E-state index in [1.54, 1.807) is 13.8 Å². The monoisotopic (exact) mass is 399 g/mol. The summed E-state index contributed by atoms with van der Waals surface area (Å²) in [5.41, 5.74) is 0.369. The van der Waals surface area contributed by atoms with Gasteiger partial charge in [0.1, 0.15) is 4.90 Å². The molecule has 1 amide bonds. The van der Waals surface area contributed by atoms with Crippen molar-refractivity contribution < 1.29 is 21.6 Å². The molecular weight excluding hydrogens is 386 g/mol. The second-order valence-electron chi connectivity index (χ2n) is 5.93. The summed E-state index contributed by atoms with van der Waals surface area (Å²) in [4.78, 5) is 11.5. The fourth-order valence-electron chi connectivity index (χ4n) is 2.65. The molecule has 0 radical (unpaired) electrons. The Bertz CT molecular complexity index is 1090. The third-order valence-corrected chi connectivity index (χ3v) is 7.26. The number of rotatable bonds is 3. The molecule has 6 nitrogen and oxygen atoms in total. The average molecular weight is 400 g/mol. The number of carbonyl (C=O) groups is 1. The number of sulfone groups is 1. The quantitative estimate of drug-likeness (QED) is 0.855. The lowest BCUT2D eigenvalue weighted by atomic mass is 9.97. The van der Waals surface area contributed by atoms with Gasteiger partial charge in [-0.25, -0.2) is 21.6 Å². The van der Waals surface area contributed by atoms with Crippen molar-refractivity contribution in [3.05, 3.63) is 52.5 Å². The molecule has 3 rings (SSSR count). The fraction of sp³-hybridized carbons (Fsp3) is 0.188. The fourth-order valence-corrected chi connectivity index (χ4v) is 5.39. The topological polar surface area (TPSA) is 97.4 Å². The largest absolute Gasteiger partial charge is 0.268 e. The van der Waals surface area contributed by atoms with Gasteiger partial charge in [-0.1, -0.05) is 25.4 Å². The number of fused-ring (bicyclic) bond motifs is 1. The van der Waals surface area contributed by atoms with Gasteiger partial charge in [0.15, 0.2) is 0 Å². The van der Waals surface area contributed by atoms with Gasteiger partial charge in [-0.05, 0) is 47.9 Å². The van der Waals surface area contributed by atoms with Crippen molar-refractivity contribution in [1.82, 2.24) is 4.72 Å². The average Bonchev–Trinajstić information content (AvgIpc) is 2.76. The van der Waals surface area contributed by atoms with Crippen LogP contribution >= 0.6 is 11.6 Å². The Morgan fingerprint density at radius 2 is 1.64 bits per heavy atom. The van der Waals surface area contributed by atoms with Crippen molar-refractivity contribution >= 4 is 37.4 Å². The molecular formula is C16H14ClNO5S2. The number of carbonyl (C=O) groups excluding carboxylic acids is 1. The summed E-state index contributed by atoms with van der Waals surface area (Å²) in [7, 11) is -8.03. The van der Waals surface area contributed by atoms with Gasteiger partial charge in [0.05, 0.1) is 15.4 Å². The first-order chi connectivity index (χ1) is 11.5. The van der Waals surface area contributed by atoms with Gasteiger partial charge >= 0.3 is 0 Å². The normalized spacial score (nSPS) is 15.9. The SMILES string of the molecule is CC(C)c1cc(S(=O)(=O)c2ccc(Cl)cc2)cc2c1C(=O)NS2(=O)=O. The van der Waals surface area contributed by atoms with E-state index < -0.39 is 25.8 Å². The van der Waals surface area contributed by atoms with E-state index in [9.17, 15) is 21.6 Å². The Morgan fingerprint density at radius 3 is 2.20 bits per heavy atom. The number of nitrogens with one attached hydrogen (secondary N) is 1. The summed E-state index contributed by atoms with van der Waals surface area (Å²) in [5.74, 6) is -0.984. The number of sulfonamides is 1. The van der Waals surface area contributed by atoms with Crippen LogP contribution in [0.1, 0.15) is 35.7 Å². The molecule has 1 heterocycles. The highest BCUT2D eigenvalue weighted by Gasteiger charge is 2.37. The Morgan fingerprint density at radius 1 is 1.04 bits per heavy atom. The lowest BCUT2D eigenvalue weighted by Crippen LogP contribution is -2.21. The highest BCUT2D eigenvalue weighted by atomic mass is 35.5. The summed E-state index contributed by atoms with van der Waals surface area (Å²) in [6.07, 6.45) is 0. The van der Waals surface area contributed by atoms with Crippen LogP contribution in [0.2, 0.25) is 5.02 Å². The zero-order chi connectivity index (χ0) is 18.6. The molecule has 0 spiro atoms. The standard InChI is InChI=1S/C16H14ClNO5S2/c1-9(2)13-7-12(8-14-15(13)16(19)18-25(14,22)23)24(20,21)11-5-3-10(17)4-6-11/h3-9H,1-2H3,(H,18,19). The number of hydrogen-bond acceptors (Lipinski definition) is 5. The van der Waals surface area contributed by atoms with E-state index in [-0.39, 0.29) is 26.2 Å². The molecule has 0 saturated heterocycles. The molecule has 2 aromatic carbocycles. The van der Waals surface area contributed by atoms with E-state index in [4.69, 9.17) is 11.6 Å². The highest BCUT2D eigenvalue weighted by molar-refractivity contribution is 7.92. The second-order valence-corrected chi connectivity index (χ2v) is 9.97. The summed E-state index contributed by atoms with van der Waals surface area (Å²) in [6.45, 7) is 3.51. The molecule has 0 aliphatic carbocycles. The van der Waals surface area contributed by atoms with E-state index in [0.717, 1.165) is 6.07 Å². The molecule has 9 heteroatoms.